The summed E-state index contributed by atoms with van der Waals surface area (Å²) in [5.74, 6) is 2.09. The van der Waals surface area contributed by atoms with E-state index in [4.69, 9.17) is 20.4 Å². The average molecular weight is 471 g/mol. The van der Waals surface area contributed by atoms with Gasteiger partial charge in [-0.15, -0.1) is 0 Å². The Morgan fingerprint density at radius 1 is 1.03 bits per heavy atom. The first-order chi connectivity index (χ1) is 16.6. The second-order valence-electron chi connectivity index (χ2n) is 9.30. The number of benzene rings is 1. The summed E-state index contributed by atoms with van der Waals surface area (Å²) < 4.78 is 34.9. The zero-order valence-corrected chi connectivity index (χ0v) is 19.4. The van der Waals surface area contributed by atoms with Crippen LogP contribution in [0.25, 0.3) is 16.9 Å². The van der Waals surface area contributed by atoms with E-state index in [0.717, 1.165) is 25.1 Å². The number of anilines is 1. The SMILES string of the molecule is N[C@@H]1CCCC[C@@H]1CCCc1nc(N2CCOCC2)cc(-n2c(C(F)F)nc3ccccc32)n1. The Bertz CT molecular complexity index is 1110. The van der Waals surface area contributed by atoms with Gasteiger partial charge in [0.2, 0.25) is 0 Å². The minimum atomic E-state index is -2.72. The van der Waals surface area contributed by atoms with E-state index >= 15 is 0 Å². The number of fused-ring (bicyclic) bond motifs is 1. The number of imidazole rings is 1. The third kappa shape index (κ3) is 4.90. The fourth-order valence-electron chi connectivity index (χ4n) is 5.20. The van der Waals surface area contributed by atoms with Crippen molar-refractivity contribution in [1.82, 2.24) is 19.5 Å². The Labute approximate surface area is 198 Å². The molecule has 7 nitrogen and oxygen atoms in total. The number of alkyl halides is 2. The Morgan fingerprint density at radius 2 is 1.79 bits per heavy atom. The zero-order valence-electron chi connectivity index (χ0n) is 19.4. The van der Waals surface area contributed by atoms with Crippen molar-refractivity contribution in [3.63, 3.8) is 0 Å². The molecule has 2 N–H and O–H groups in total. The topological polar surface area (TPSA) is 82.1 Å². The van der Waals surface area contributed by atoms with Crippen LogP contribution in [0.1, 0.15) is 56.6 Å². The Kier molecular flexibility index (Phi) is 7.01. The molecule has 5 rings (SSSR count). The zero-order chi connectivity index (χ0) is 23.5. The van der Waals surface area contributed by atoms with E-state index in [0.29, 0.717) is 61.3 Å². The van der Waals surface area contributed by atoms with E-state index in [-0.39, 0.29) is 11.9 Å². The molecule has 2 aromatic heterocycles. The van der Waals surface area contributed by atoms with E-state index in [9.17, 15) is 8.78 Å². The normalized spacial score (nSPS) is 21.5. The quantitative estimate of drug-likeness (QED) is 0.550. The number of aromatic nitrogens is 4. The molecule has 0 radical (unpaired) electrons. The number of halogens is 2. The fourth-order valence-corrected chi connectivity index (χ4v) is 5.20. The molecular weight excluding hydrogens is 438 g/mol. The number of para-hydroxylation sites is 2. The minimum Gasteiger partial charge on any atom is -0.378 e. The maximum Gasteiger partial charge on any atom is 0.296 e. The monoisotopic (exact) mass is 470 g/mol. The second-order valence-corrected chi connectivity index (χ2v) is 9.30. The van der Waals surface area contributed by atoms with Gasteiger partial charge in [0.25, 0.3) is 6.43 Å². The number of aryl methyl sites for hydroxylation is 1. The molecule has 2 fully saturated rings. The predicted molar refractivity (Wildman–Crippen MR) is 128 cm³/mol. The molecule has 1 aliphatic carbocycles. The summed E-state index contributed by atoms with van der Waals surface area (Å²) in [5.41, 5.74) is 7.47. The van der Waals surface area contributed by atoms with Gasteiger partial charge in [-0.2, -0.15) is 0 Å². The van der Waals surface area contributed by atoms with Gasteiger partial charge in [0.1, 0.15) is 17.5 Å². The van der Waals surface area contributed by atoms with E-state index in [2.05, 4.69) is 9.88 Å². The van der Waals surface area contributed by atoms with E-state index in [1.54, 1.807) is 24.3 Å². The summed E-state index contributed by atoms with van der Waals surface area (Å²) in [5, 5.41) is 0. The highest BCUT2D eigenvalue weighted by Crippen LogP contribution is 2.30. The Hall–Kier alpha value is -2.65. The number of rotatable bonds is 7. The molecule has 0 unspecified atom stereocenters. The summed E-state index contributed by atoms with van der Waals surface area (Å²) in [7, 11) is 0. The van der Waals surface area contributed by atoms with Crippen molar-refractivity contribution in [3.05, 3.63) is 42.0 Å². The van der Waals surface area contributed by atoms with Gasteiger partial charge in [0.05, 0.1) is 24.2 Å². The smallest absolute Gasteiger partial charge is 0.296 e. The highest BCUT2D eigenvalue weighted by atomic mass is 19.3. The molecule has 34 heavy (non-hydrogen) atoms. The number of nitrogens with zero attached hydrogens (tertiary/aromatic N) is 5. The van der Waals surface area contributed by atoms with Gasteiger partial charge in [0.15, 0.2) is 5.82 Å². The lowest BCUT2D eigenvalue weighted by Crippen LogP contribution is -2.37. The minimum absolute atomic E-state index is 0.274. The third-order valence-corrected chi connectivity index (χ3v) is 7.03. The summed E-state index contributed by atoms with van der Waals surface area (Å²) in [6.07, 6.45) is 4.68. The van der Waals surface area contributed by atoms with E-state index in [1.165, 1.54) is 23.8 Å². The molecule has 1 saturated carbocycles. The highest BCUT2D eigenvalue weighted by molar-refractivity contribution is 5.78. The molecular formula is C25H32F2N6O. The largest absolute Gasteiger partial charge is 0.378 e. The third-order valence-electron chi connectivity index (χ3n) is 7.03. The average Bonchev–Trinajstić information content (AvgIpc) is 3.26. The summed E-state index contributed by atoms with van der Waals surface area (Å²) in [6.45, 7) is 2.65. The first-order valence-electron chi connectivity index (χ1n) is 12.3. The molecule has 9 heteroatoms. The van der Waals surface area contributed by atoms with Crippen LogP contribution in [0.2, 0.25) is 0 Å². The van der Waals surface area contributed by atoms with Crippen molar-refractivity contribution in [1.29, 1.82) is 0 Å². The first-order valence-corrected chi connectivity index (χ1v) is 12.3. The summed E-state index contributed by atoms with van der Waals surface area (Å²) >= 11 is 0. The van der Waals surface area contributed by atoms with E-state index in [1.807, 2.05) is 6.07 Å². The number of nitrogens with two attached hydrogens (primary N) is 1. The van der Waals surface area contributed by atoms with Crippen molar-refractivity contribution in [3.8, 4) is 5.82 Å². The van der Waals surface area contributed by atoms with Crippen LogP contribution < -0.4 is 10.6 Å². The second kappa shape index (κ2) is 10.3. The lowest BCUT2D eigenvalue weighted by atomic mass is 9.82. The number of hydrogen-bond donors (Lipinski definition) is 1. The van der Waals surface area contributed by atoms with Gasteiger partial charge < -0.3 is 15.4 Å². The van der Waals surface area contributed by atoms with Gasteiger partial charge in [-0.3, -0.25) is 4.57 Å². The van der Waals surface area contributed by atoms with Crippen molar-refractivity contribution in [2.75, 3.05) is 31.2 Å². The molecule has 1 aliphatic heterocycles. The van der Waals surface area contributed by atoms with Crippen molar-refractivity contribution in [2.45, 2.75) is 57.4 Å². The standard InChI is InChI=1S/C25H32F2N6O/c26-24(27)25-29-19-9-3-4-10-20(19)33(25)23-16-22(32-12-14-34-15-13-32)30-21(31-23)11-5-7-17-6-1-2-8-18(17)28/h3-4,9-10,16-18,24H,1-2,5-8,11-15,28H2/t17-,18-/m1/s1. The van der Waals surface area contributed by atoms with Crippen LogP contribution in [-0.4, -0.2) is 51.9 Å². The van der Waals surface area contributed by atoms with Gasteiger partial charge >= 0.3 is 0 Å². The molecule has 1 saturated heterocycles. The van der Waals surface area contributed by atoms with Crippen LogP contribution >= 0.6 is 0 Å². The Balaban J connectivity index is 1.48. The van der Waals surface area contributed by atoms with Crippen LogP contribution in [0.15, 0.2) is 30.3 Å². The maximum atomic E-state index is 14.0. The predicted octanol–water partition coefficient (Wildman–Crippen LogP) is 4.43. The van der Waals surface area contributed by atoms with Gasteiger partial charge in [0, 0.05) is 31.6 Å². The molecule has 3 heterocycles. The van der Waals surface area contributed by atoms with Gasteiger partial charge in [-0.1, -0.05) is 25.0 Å². The number of hydrogen-bond acceptors (Lipinski definition) is 6. The number of morpholine rings is 1. The van der Waals surface area contributed by atoms with Crippen LogP contribution in [0.4, 0.5) is 14.6 Å². The number of ether oxygens (including phenoxy) is 1. The molecule has 0 amide bonds. The van der Waals surface area contributed by atoms with Crippen LogP contribution in [-0.2, 0) is 11.2 Å². The lowest BCUT2D eigenvalue weighted by molar-refractivity contribution is 0.122. The van der Waals surface area contributed by atoms with Gasteiger partial charge in [-0.05, 0) is 43.7 Å². The highest BCUT2D eigenvalue weighted by Gasteiger charge is 2.24. The Morgan fingerprint density at radius 3 is 2.59 bits per heavy atom. The van der Waals surface area contributed by atoms with E-state index < -0.39 is 6.43 Å². The van der Waals surface area contributed by atoms with Crippen LogP contribution in [0.3, 0.4) is 0 Å². The molecule has 3 aromatic rings. The molecule has 0 bridgehead atoms. The molecule has 2 atom stereocenters. The maximum absolute atomic E-state index is 14.0. The molecule has 2 aliphatic rings. The van der Waals surface area contributed by atoms with Crippen molar-refractivity contribution in [2.24, 2.45) is 11.7 Å². The summed E-state index contributed by atoms with van der Waals surface area (Å²) in [6, 6.07) is 9.25. The van der Waals surface area contributed by atoms with Crippen molar-refractivity contribution < 1.29 is 13.5 Å². The molecule has 0 spiro atoms. The van der Waals surface area contributed by atoms with Crippen molar-refractivity contribution >= 4 is 16.9 Å². The lowest BCUT2D eigenvalue weighted by Gasteiger charge is -2.29. The summed E-state index contributed by atoms with van der Waals surface area (Å²) in [4.78, 5) is 15.9. The fraction of sp³-hybridized carbons (Fsp3) is 0.560. The molecule has 1 aromatic carbocycles. The van der Waals surface area contributed by atoms with Crippen LogP contribution in [0.5, 0.6) is 0 Å². The first kappa shape index (κ1) is 23.1. The van der Waals surface area contributed by atoms with Crippen LogP contribution in [0, 0.1) is 5.92 Å². The molecule has 182 valence electrons. The van der Waals surface area contributed by atoms with Gasteiger partial charge in [-0.25, -0.2) is 23.7 Å².